The number of cyclic esters (lactones) is 1. The van der Waals surface area contributed by atoms with Gasteiger partial charge in [0.2, 0.25) is 0 Å². The molecule has 8 nitrogen and oxygen atoms in total. The minimum Gasteiger partial charge on any atom is -0.454 e. The van der Waals surface area contributed by atoms with E-state index >= 15 is 8.78 Å². The fraction of sp³-hybridized carbons (Fsp3) is 0.303. The molecule has 4 bridgehead atoms. The highest BCUT2D eigenvalue weighted by Crippen LogP contribution is 2.39. The van der Waals surface area contributed by atoms with E-state index in [4.69, 9.17) is 14.5 Å². The Balaban J connectivity index is 1.46. The van der Waals surface area contributed by atoms with Gasteiger partial charge in [-0.05, 0) is 55.0 Å². The second-order valence-electron chi connectivity index (χ2n) is 12.0. The van der Waals surface area contributed by atoms with Crippen LogP contribution in [0.1, 0.15) is 57.0 Å². The van der Waals surface area contributed by atoms with E-state index in [1.165, 1.54) is 24.3 Å². The SMILES string of the molecule is CC1(C)CCCC(C)(c2ccccc2)c2nc(n[nH]2)-c2cc(ccc2F)Oc2c(F)cc3[nH]ccc3c2COC(=O)NC1. The van der Waals surface area contributed by atoms with Crippen LogP contribution in [0.2, 0.25) is 0 Å². The van der Waals surface area contributed by atoms with Crippen LogP contribution >= 0.6 is 0 Å². The van der Waals surface area contributed by atoms with Crippen molar-refractivity contribution >= 4 is 17.0 Å². The summed E-state index contributed by atoms with van der Waals surface area (Å²) in [5.74, 6) is -0.392. The van der Waals surface area contributed by atoms with Crippen molar-refractivity contribution in [3.05, 3.63) is 95.4 Å². The highest BCUT2D eigenvalue weighted by Gasteiger charge is 2.34. The summed E-state index contributed by atoms with van der Waals surface area (Å²) in [5, 5.41) is 11.0. The number of hydrogen-bond donors (Lipinski definition) is 3. The zero-order chi connectivity index (χ0) is 30.2. The second kappa shape index (κ2) is 11.2. The number of H-pyrrole nitrogens is 2. The lowest BCUT2D eigenvalue weighted by molar-refractivity contribution is 0.133. The van der Waals surface area contributed by atoms with Crippen LogP contribution in [0.5, 0.6) is 11.5 Å². The Morgan fingerprint density at radius 2 is 1.77 bits per heavy atom. The number of alkyl carbamates (subject to hydrolysis) is 1. The van der Waals surface area contributed by atoms with Gasteiger partial charge in [-0.2, -0.15) is 5.10 Å². The van der Waals surface area contributed by atoms with Crippen LogP contribution in [0, 0.1) is 17.0 Å². The Hall–Kier alpha value is -4.73. The van der Waals surface area contributed by atoms with E-state index in [9.17, 15) is 4.79 Å². The summed E-state index contributed by atoms with van der Waals surface area (Å²) in [6.07, 6.45) is 3.41. The van der Waals surface area contributed by atoms with Crippen LogP contribution < -0.4 is 10.1 Å². The summed E-state index contributed by atoms with van der Waals surface area (Å²) >= 11 is 0. The predicted octanol–water partition coefficient (Wildman–Crippen LogP) is 7.77. The van der Waals surface area contributed by atoms with Crippen molar-refractivity contribution in [3.63, 3.8) is 0 Å². The van der Waals surface area contributed by atoms with E-state index < -0.39 is 23.1 Å². The molecule has 3 N–H and O–H groups in total. The maximum absolute atomic E-state index is 15.4. The number of ether oxygens (including phenoxy) is 2. The quantitative estimate of drug-likeness (QED) is 0.186. The smallest absolute Gasteiger partial charge is 0.407 e. The Morgan fingerprint density at radius 1 is 0.953 bits per heavy atom. The van der Waals surface area contributed by atoms with Crippen molar-refractivity contribution in [2.75, 3.05) is 6.54 Å². The predicted molar refractivity (Wildman–Crippen MR) is 159 cm³/mol. The molecule has 0 saturated heterocycles. The second-order valence-corrected chi connectivity index (χ2v) is 12.0. The number of aromatic amines is 2. The maximum Gasteiger partial charge on any atom is 0.407 e. The molecule has 0 aliphatic carbocycles. The number of amides is 1. The topological polar surface area (TPSA) is 105 Å². The summed E-state index contributed by atoms with van der Waals surface area (Å²) in [6.45, 7) is 6.41. The van der Waals surface area contributed by atoms with E-state index in [-0.39, 0.29) is 34.9 Å². The van der Waals surface area contributed by atoms with Crippen LogP contribution in [-0.4, -0.2) is 32.8 Å². The third-order valence-electron chi connectivity index (χ3n) is 8.27. The van der Waals surface area contributed by atoms with Crippen molar-refractivity contribution < 1.29 is 23.0 Å². The number of carbonyl (C=O) groups excluding carboxylic acids is 1. The first-order chi connectivity index (χ1) is 20.6. The van der Waals surface area contributed by atoms with Crippen molar-refractivity contribution in [2.24, 2.45) is 5.41 Å². The van der Waals surface area contributed by atoms with E-state index in [1.54, 1.807) is 12.3 Å². The number of hydrogen-bond acceptors (Lipinski definition) is 5. The molecule has 1 aliphatic rings. The van der Waals surface area contributed by atoms with Crippen molar-refractivity contribution in [1.82, 2.24) is 25.5 Å². The molecule has 1 amide bonds. The van der Waals surface area contributed by atoms with E-state index in [0.717, 1.165) is 24.8 Å². The average Bonchev–Trinajstić information content (AvgIpc) is 3.67. The summed E-state index contributed by atoms with van der Waals surface area (Å²) in [5.41, 5.74) is 1.23. The number of fused-ring (bicyclic) bond motifs is 8. The molecule has 222 valence electrons. The first-order valence-electron chi connectivity index (χ1n) is 14.3. The molecular weight excluding hydrogens is 552 g/mol. The molecule has 10 heteroatoms. The number of halogens is 2. The molecule has 3 aromatic carbocycles. The number of nitrogens with zero attached hydrogens (tertiary/aromatic N) is 2. The van der Waals surface area contributed by atoms with E-state index in [2.05, 4.69) is 41.3 Å². The summed E-state index contributed by atoms with van der Waals surface area (Å²) in [6, 6.07) is 17.1. The van der Waals surface area contributed by atoms with Gasteiger partial charge in [0, 0.05) is 35.3 Å². The lowest BCUT2D eigenvalue weighted by Crippen LogP contribution is -2.35. The van der Waals surface area contributed by atoms with Gasteiger partial charge in [-0.1, -0.05) is 50.6 Å². The number of benzene rings is 3. The standard InChI is InChI=1S/C33H33F2N5O3/c1-32(2)13-7-14-33(3,20-8-5-4-6-9-20)30-38-29(39-40-30)23-16-21(10-11-25(23)34)43-28-24(18-42-31(41)37-19-32)22-12-15-36-27(22)17-26(28)35/h4-6,8-12,15-17,36H,7,13-14,18-19H2,1-3H3,(H,37,41)(H,38,39,40). The van der Waals surface area contributed by atoms with Gasteiger partial charge in [0.1, 0.15) is 24.0 Å². The van der Waals surface area contributed by atoms with Gasteiger partial charge in [0.05, 0.1) is 11.0 Å². The van der Waals surface area contributed by atoms with Crippen molar-refractivity contribution in [1.29, 1.82) is 0 Å². The van der Waals surface area contributed by atoms with Crippen LogP contribution in [0.15, 0.2) is 66.9 Å². The molecular formula is C33H33F2N5O3. The number of carbonyl (C=O) groups is 1. The zero-order valence-electron chi connectivity index (χ0n) is 24.3. The van der Waals surface area contributed by atoms with Gasteiger partial charge in [0.15, 0.2) is 17.4 Å². The van der Waals surface area contributed by atoms with E-state index in [1.807, 2.05) is 30.3 Å². The van der Waals surface area contributed by atoms with Gasteiger partial charge >= 0.3 is 6.09 Å². The molecule has 0 radical (unpaired) electrons. The van der Waals surface area contributed by atoms with Crippen LogP contribution in [-0.2, 0) is 16.8 Å². The Labute approximate surface area is 247 Å². The van der Waals surface area contributed by atoms with Crippen molar-refractivity contribution in [2.45, 2.75) is 52.1 Å². The number of rotatable bonds is 1. The maximum atomic E-state index is 15.4. The minimum atomic E-state index is -0.661. The molecule has 1 atom stereocenters. The van der Waals surface area contributed by atoms with Gasteiger partial charge in [-0.25, -0.2) is 18.6 Å². The molecule has 1 aliphatic heterocycles. The number of nitrogens with one attached hydrogen (secondary N) is 3. The fourth-order valence-electron chi connectivity index (χ4n) is 5.68. The largest absolute Gasteiger partial charge is 0.454 e. The molecule has 43 heavy (non-hydrogen) atoms. The summed E-state index contributed by atoms with van der Waals surface area (Å²) in [7, 11) is 0. The average molecular weight is 586 g/mol. The molecule has 5 aromatic rings. The fourth-order valence-corrected chi connectivity index (χ4v) is 5.68. The van der Waals surface area contributed by atoms with Gasteiger partial charge in [-0.15, -0.1) is 0 Å². The molecule has 6 rings (SSSR count). The normalized spacial score (nSPS) is 19.2. The van der Waals surface area contributed by atoms with Gasteiger partial charge < -0.3 is 19.8 Å². The van der Waals surface area contributed by atoms with Crippen LogP contribution in [0.3, 0.4) is 0 Å². The molecule has 0 spiro atoms. The van der Waals surface area contributed by atoms with Gasteiger partial charge in [-0.3, -0.25) is 5.10 Å². The van der Waals surface area contributed by atoms with Crippen LogP contribution in [0.4, 0.5) is 13.6 Å². The van der Waals surface area contributed by atoms with Gasteiger partial charge in [0.25, 0.3) is 0 Å². The Kier molecular flexibility index (Phi) is 7.37. The highest BCUT2D eigenvalue weighted by atomic mass is 19.1. The lowest BCUT2D eigenvalue weighted by atomic mass is 9.75. The first-order valence-corrected chi connectivity index (χ1v) is 14.3. The highest BCUT2D eigenvalue weighted by molar-refractivity contribution is 5.86. The lowest BCUT2D eigenvalue weighted by Gasteiger charge is -2.30. The Morgan fingerprint density at radius 3 is 2.58 bits per heavy atom. The Bertz CT molecular complexity index is 1780. The molecule has 1 unspecified atom stereocenters. The molecule has 0 fully saturated rings. The molecule has 2 aromatic heterocycles. The third kappa shape index (κ3) is 5.69. The summed E-state index contributed by atoms with van der Waals surface area (Å²) in [4.78, 5) is 20.5. The monoisotopic (exact) mass is 585 g/mol. The molecule has 0 saturated carbocycles. The number of aromatic nitrogens is 4. The zero-order valence-corrected chi connectivity index (χ0v) is 24.3. The van der Waals surface area contributed by atoms with Crippen molar-refractivity contribution in [3.8, 4) is 22.9 Å². The van der Waals surface area contributed by atoms with Crippen LogP contribution in [0.25, 0.3) is 22.3 Å². The molecule has 3 heterocycles. The van der Waals surface area contributed by atoms with E-state index in [0.29, 0.717) is 28.8 Å². The summed E-state index contributed by atoms with van der Waals surface area (Å²) < 4.78 is 42.2. The minimum absolute atomic E-state index is 0.106. The third-order valence-corrected chi connectivity index (χ3v) is 8.27. The first kappa shape index (κ1) is 28.4.